The van der Waals surface area contributed by atoms with E-state index in [1.54, 1.807) is 7.11 Å². The topological polar surface area (TPSA) is 47.6 Å². The smallest absolute Gasteiger partial charge is 0.227 e. The molecule has 1 saturated carbocycles. The fourth-order valence-corrected chi connectivity index (χ4v) is 3.23. The van der Waals surface area contributed by atoms with Crippen molar-refractivity contribution in [2.75, 3.05) is 13.7 Å². The molecule has 1 atom stereocenters. The van der Waals surface area contributed by atoms with Gasteiger partial charge >= 0.3 is 0 Å². The molecule has 114 valence electrons. The maximum absolute atomic E-state index is 12.4. The summed E-state index contributed by atoms with van der Waals surface area (Å²) in [6.07, 6.45) is 6.71. The van der Waals surface area contributed by atoms with Crippen LogP contribution in [0.4, 0.5) is 0 Å². The molecule has 0 spiro atoms. The maximum atomic E-state index is 12.4. The van der Waals surface area contributed by atoms with Gasteiger partial charge in [0, 0.05) is 6.04 Å². The van der Waals surface area contributed by atoms with Gasteiger partial charge in [-0.1, -0.05) is 19.3 Å². The van der Waals surface area contributed by atoms with Gasteiger partial charge in [0.25, 0.3) is 0 Å². The first kappa shape index (κ1) is 14.2. The van der Waals surface area contributed by atoms with Crippen LogP contribution in [0.15, 0.2) is 18.2 Å². The van der Waals surface area contributed by atoms with E-state index in [2.05, 4.69) is 5.32 Å². The minimum Gasteiger partial charge on any atom is -0.497 e. The highest BCUT2D eigenvalue weighted by Crippen LogP contribution is 2.31. The number of carbonyl (C=O) groups is 1. The van der Waals surface area contributed by atoms with E-state index in [0.717, 1.165) is 36.3 Å². The molecule has 21 heavy (non-hydrogen) atoms. The van der Waals surface area contributed by atoms with Crippen molar-refractivity contribution in [3.8, 4) is 11.5 Å². The van der Waals surface area contributed by atoms with E-state index in [1.165, 1.54) is 19.3 Å². The van der Waals surface area contributed by atoms with Gasteiger partial charge < -0.3 is 14.8 Å². The molecule has 1 N–H and O–H groups in total. The molecule has 1 fully saturated rings. The van der Waals surface area contributed by atoms with E-state index >= 15 is 0 Å². The summed E-state index contributed by atoms with van der Waals surface area (Å²) in [5.41, 5.74) is 1.06. The Morgan fingerprint density at radius 2 is 2.10 bits per heavy atom. The number of ether oxygens (including phenoxy) is 2. The van der Waals surface area contributed by atoms with Gasteiger partial charge in [-0.3, -0.25) is 4.79 Å². The van der Waals surface area contributed by atoms with Crippen LogP contribution in [0.5, 0.6) is 11.5 Å². The Morgan fingerprint density at radius 1 is 1.29 bits per heavy atom. The lowest BCUT2D eigenvalue weighted by molar-refractivity contribution is -0.127. The molecule has 0 radical (unpaired) electrons. The van der Waals surface area contributed by atoms with Crippen LogP contribution in [0.1, 0.15) is 37.7 Å². The fourth-order valence-electron chi connectivity index (χ4n) is 3.23. The first-order valence-corrected chi connectivity index (χ1v) is 7.86. The molecule has 0 aromatic heterocycles. The Labute approximate surface area is 125 Å². The van der Waals surface area contributed by atoms with Gasteiger partial charge in [-0.2, -0.15) is 0 Å². The van der Waals surface area contributed by atoms with Gasteiger partial charge in [0.15, 0.2) is 0 Å². The van der Waals surface area contributed by atoms with Crippen LogP contribution >= 0.6 is 0 Å². The van der Waals surface area contributed by atoms with Crippen LogP contribution in [-0.4, -0.2) is 25.7 Å². The molecule has 3 rings (SSSR count). The van der Waals surface area contributed by atoms with Crippen molar-refractivity contribution in [1.29, 1.82) is 0 Å². The molecule has 0 saturated heterocycles. The Balaban J connectivity index is 1.63. The summed E-state index contributed by atoms with van der Waals surface area (Å²) < 4.78 is 11.0. The summed E-state index contributed by atoms with van der Waals surface area (Å²) in [6, 6.07) is 6.14. The lowest BCUT2D eigenvalue weighted by atomic mass is 9.92. The molecule has 1 aliphatic carbocycles. The summed E-state index contributed by atoms with van der Waals surface area (Å²) in [4.78, 5) is 12.4. The third kappa shape index (κ3) is 3.31. The molecule has 1 unspecified atom stereocenters. The van der Waals surface area contributed by atoms with E-state index in [9.17, 15) is 4.79 Å². The summed E-state index contributed by atoms with van der Waals surface area (Å²) in [5, 5.41) is 3.20. The van der Waals surface area contributed by atoms with E-state index in [1.807, 2.05) is 18.2 Å². The van der Waals surface area contributed by atoms with Crippen molar-refractivity contribution in [2.24, 2.45) is 5.92 Å². The second-order valence-corrected chi connectivity index (χ2v) is 6.03. The third-order valence-electron chi connectivity index (χ3n) is 4.50. The number of amides is 1. The first-order chi connectivity index (χ1) is 10.3. The number of rotatable bonds is 3. The zero-order valence-corrected chi connectivity index (χ0v) is 12.6. The quantitative estimate of drug-likeness (QED) is 0.930. The maximum Gasteiger partial charge on any atom is 0.227 e. The molecule has 1 heterocycles. The van der Waals surface area contributed by atoms with Crippen LogP contribution in [0, 0.1) is 5.92 Å². The Kier molecular flexibility index (Phi) is 4.32. The van der Waals surface area contributed by atoms with Crippen molar-refractivity contribution < 1.29 is 14.3 Å². The predicted octanol–water partition coefficient (Wildman–Crippen LogP) is 2.70. The van der Waals surface area contributed by atoms with Crippen molar-refractivity contribution in [2.45, 2.75) is 44.6 Å². The van der Waals surface area contributed by atoms with Gasteiger partial charge in [-0.15, -0.1) is 0 Å². The molecule has 4 heteroatoms. The van der Waals surface area contributed by atoms with Gasteiger partial charge in [0.05, 0.1) is 13.0 Å². The monoisotopic (exact) mass is 289 g/mol. The van der Waals surface area contributed by atoms with Crippen LogP contribution in [0.25, 0.3) is 0 Å². The number of hydrogen-bond donors (Lipinski definition) is 1. The third-order valence-corrected chi connectivity index (χ3v) is 4.50. The normalized spacial score (nSPS) is 22.0. The molecule has 1 aromatic carbocycles. The van der Waals surface area contributed by atoms with E-state index < -0.39 is 0 Å². The van der Waals surface area contributed by atoms with E-state index in [-0.39, 0.29) is 11.8 Å². The average Bonchev–Trinajstić information content (AvgIpc) is 2.54. The average molecular weight is 289 g/mol. The van der Waals surface area contributed by atoms with Gasteiger partial charge in [-0.25, -0.2) is 0 Å². The van der Waals surface area contributed by atoms with Gasteiger partial charge in [0.1, 0.15) is 18.1 Å². The van der Waals surface area contributed by atoms with Crippen molar-refractivity contribution in [3.05, 3.63) is 23.8 Å². The summed E-state index contributed by atoms with van der Waals surface area (Å²) >= 11 is 0. The van der Waals surface area contributed by atoms with Crippen molar-refractivity contribution in [3.63, 3.8) is 0 Å². The number of nitrogens with one attached hydrogen (secondary N) is 1. The molecule has 4 nitrogen and oxygen atoms in total. The number of methoxy groups -OCH3 is 1. The Morgan fingerprint density at radius 3 is 2.86 bits per heavy atom. The number of hydrogen-bond acceptors (Lipinski definition) is 3. The fraction of sp³-hybridized carbons (Fsp3) is 0.588. The molecule has 1 aliphatic heterocycles. The van der Waals surface area contributed by atoms with Gasteiger partial charge in [0.2, 0.25) is 5.91 Å². The molecule has 0 bridgehead atoms. The second-order valence-electron chi connectivity index (χ2n) is 6.03. The SMILES string of the molecule is COc1ccc2c(c1)CC(C(=O)NC1CCCCC1)CO2. The minimum atomic E-state index is -0.0912. The Hall–Kier alpha value is -1.71. The molecule has 2 aliphatic rings. The van der Waals surface area contributed by atoms with Crippen LogP contribution in [0.2, 0.25) is 0 Å². The number of carbonyl (C=O) groups excluding carboxylic acids is 1. The van der Waals surface area contributed by atoms with E-state index in [4.69, 9.17) is 9.47 Å². The van der Waals surface area contributed by atoms with Crippen LogP contribution in [-0.2, 0) is 11.2 Å². The highest BCUT2D eigenvalue weighted by atomic mass is 16.5. The summed E-state index contributed by atoms with van der Waals surface area (Å²) in [7, 11) is 1.65. The molecular weight excluding hydrogens is 266 g/mol. The molecule has 1 aromatic rings. The predicted molar refractivity (Wildman–Crippen MR) is 80.7 cm³/mol. The summed E-state index contributed by atoms with van der Waals surface area (Å²) in [6.45, 7) is 0.470. The number of benzene rings is 1. The Bertz CT molecular complexity index is 509. The minimum absolute atomic E-state index is 0.0912. The highest BCUT2D eigenvalue weighted by Gasteiger charge is 2.28. The lowest BCUT2D eigenvalue weighted by Gasteiger charge is -2.28. The zero-order chi connectivity index (χ0) is 14.7. The van der Waals surface area contributed by atoms with Crippen molar-refractivity contribution >= 4 is 5.91 Å². The standard InChI is InChI=1S/C17H23NO3/c1-20-15-7-8-16-12(10-15)9-13(11-21-16)17(19)18-14-5-3-2-4-6-14/h7-8,10,13-14H,2-6,9,11H2,1H3,(H,18,19). The summed E-state index contributed by atoms with van der Waals surface area (Å²) in [5.74, 6) is 1.73. The number of fused-ring (bicyclic) bond motifs is 1. The largest absolute Gasteiger partial charge is 0.497 e. The van der Waals surface area contributed by atoms with E-state index in [0.29, 0.717) is 12.6 Å². The molecule has 1 amide bonds. The highest BCUT2D eigenvalue weighted by molar-refractivity contribution is 5.80. The van der Waals surface area contributed by atoms with Gasteiger partial charge in [-0.05, 0) is 43.0 Å². The zero-order valence-electron chi connectivity index (χ0n) is 12.6. The molecular formula is C17H23NO3. The van der Waals surface area contributed by atoms with Crippen molar-refractivity contribution in [1.82, 2.24) is 5.32 Å². The lowest BCUT2D eigenvalue weighted by Crippen LogP contribution is -2.43. The first-order valence-electron chi connectivity index (χ1n) is 7.86. The van der Waals surface area contributed by atoms with Crippen LogP contribution in [0.3, 0.4) is 0 Å². The second kappa shape index (κ2) is 6.37. The van der Waals surface area contributed by atoms with Crippen LogP contribution < -0.4 is 14.8 Å².